The van der Waals surface area contributed by atoms with Crippen molar-refractivity contribution in [2.24, 2.45) is 0 Å². The molecule has 0 saturated heterocycles. The van der Waals surface area contributed by atoms with Crippen molar-refractivity contribution in [3.8, 4) is 0 Å². The van der Waals surface area contributed by atoms with Gasteiger partial charge in [-0.2, -0.15) is 4.57 Å². The largest absolute Gasteiger partial charge is 0.287 e. The summed E-state index contributed by atoms with van der Waals surface area (Å²) in [5.74, 6) is -71.3. The van der Waals surface area contributed by atoms with Crippen molar-refractivity contribution in [1.29, 1.82) is 0 Å². The zero-order chi connectivity index (χ0) is 48.3. The Hall–Kier alpha value is -6.46. The van der Waals surface area contributed by atoms with Gasteiger partial charge in [-0.3, -0.25) is 4.79 Å². The smallest absolute Gasteiger partial charge is 0.227 e. The van der Waals surface area contributed by atoms with Crippen LogP contribution in [0.1, 0.15) is 10.4 Å². The summed E-state index contributed by atoms with van der Waals surface area (Å²) in [6.45, 7) is 0.345. The van der Waals surface area contributed by atoms with Crippen molar-refractivity contribution in [2.75, 3.05) is 0 Å². The number of pyridine rings is 1. The summed E-state index contributed by atoms with van der Waals surface area (Å²) in [7, 11) is 0. The van der Waals surface area contributed by atoms with Gasteiger partial charge in [0.05, 0.1) is 5.39 Å². The minimum absolute atomic E-state index is 0.114. The van der Waals surface area contributed by atoms with Crippen LogP contribution in [0.25, 0.3) is 10.9 Å². The second-order valence-electron chi connectivity index (χ2n) is 13.4. The summed E-state index contributed by atoms with van der Waals surface area (Å²) in [5, 5.41) is 1.11. The van der Waals surface area contributed by atoms with Crippen molar-refractivity contribution >= 4 is 60.6 Å². The maximum Gasteiger partial charge on any atom is 0.227 e. The third-order valence-corrected chi connectivity index (χ3v) is 10.7. The minimum Gasteiger partial charge on any atom is -0.287 e. The van der Waals surface area contributed by atoms with Gasteiger partial charge < -0.3 is 0 Å². The molecule has 0 aliphatic carbocycles. The highest BCUT2D eigenvalue weighted by Crippen LogP contribution is 2.31. The Morgan fingerprint density at radius 2 is 0.692 bits per heavy atom. The maximum absolute atomic E-state index is 15.4. The van der Waals surface area contributed by atoms with E-state index in [0.717, 1.165) is 20.9 Å². The van der Waals surface area contributed by atoms with Crippen LogP contribution in [0.2, 0.25) is 0 Å². The Balaban J connectivity index is 0.000000289. The lowest BCUT2D eigenvalue weighted by Gasteiger charge is -2.44. The second-order valence-corrected chi connectivity index (χ2v) is 14.3. The Morgan fingerprint density at radius 1 is 0.385 bits per heavy atom. The fourth-order valence-corrected chi connectivity index (χ4v) is 7.63. The van der Waals surface area contributed by atoms with Gasteiger partial charge in [-0.25, -0.2) is 87.8 Å². The number of hydrogen-bond donors (Lipinski definition) is 0. The minimum atomic E-state index is -7.22. The molecule has 6 aromatic carbocycles. The van der Waals surface area contributed by atoms with Gasteiger partial charge in [0.15, 0.2) is 76.0 Å². The number of aromatic nitrogens is 1. The molecule has 7 aromatic rings. The number of fused-ring (bicyclic) bond motifs is 1. The van der Waals surface area contributed by atoms with Gasteiger partial charge in [0.1, 0.15) is 52.7 Å². The highest BCUT2D eigenvalue weighted by molar-refractivity contribution is 9.10. The van der Waals surface area contributed by atoms with Gasteiger partial charge in [-0.15, -0.1) is 21.9 Å². The topological polar surface area (TPSA) is 20.9 Å². The first kappa shape index (κ1) is 48.0. The van der Waals surface area contributed by atoms with Crippen LogP contribution >= 0.6 is 15.9 Å². The van der Waals surface area contributed by atoms with Crippen LogP contribution in [0.15, 0.2) is 71.3 Å². The molecule has 0 unspecified atom stereocenters. The monoisotopic (exact) mass is 1000 g/mol. The Morgan fingerprint density at radius 3 is 1.02 bits per heavy atom. The molecule has 0 fully saturated rings. The van der Waals surface area contributed by atoms with E-state index in [-0.39, 0.29) is 5.78 Å². The number of hydrogen-bond acceptors (Lipinski definition) is 1. The third-order valence-electron chi connectivity index (χ3n) is 9.99. The molecule has 65 heavy (non-hydrogen) atoms. The van der Waals surface area contributed by atoms with Crippen LogP contribution in [0.5, 0.6) is 0 Å². The summed E-state index contributed by atoms with van der Waals surface area (Å²) in [6, 6.07) is 19.4. The Bertz CT molecular complexity index is 2730. The molecule has 0 amide bonds. The highest BCUT2D eigenvalue weighted by Gasteiger charge is 2.52. The van der Waals surface area contributed by atoms with Gasteiger partial charge >= 0.3 is 0 Å². The summed E-state index contributed by atoms with van der Waals surface area (Å²) in [5.41, 5.74) is -12.5. The molecule has 338 valence electrons. The fraction of sp³-hybridized carbons (Fsp3) is 0.0244. The summed E-state index contributed by atoms with van der Waals surface area (Å²) < 4.78 is 297. The van der Waals surface area contributed by atoms with Crippen molar-refractivity contribution in [1.82, 2.24) is 0 Å². The number of carbonyl (C=O) groups is 1. The van der Waals surface area contributed by atoms with Crippen molar-refractivity contribution in [3.05, 3.63) is 193 Å². The summed E-state index contributed by atoms with van der Waals surface area (Å²) >= 11 is 3.54. The van der Waals surface area contributed by atoms with E-state index in [0.29, 0.717) is 6.54 Å². The van der Waals surface area contributed by atoms with Crippen LogP contribution in [0.3, 0.4) is 0 Å². The van der Waals surface area contributed by atoms with E-state index in [1.165, 1.54) is 0 Å². The normalized spacial score (nSPS) is 11.6. The molecule has 0 N–H and O–H groups in total. The number of carbonyl (C=O) groups excluding carboxylic acids is 1. The van der Waals surface area contributed by atoms with E-state index in [4.69, 9.17) is 0 Å². The van der Waals surface area contributed by atoms with Gasteiger partial charge in [-0.05, 0) is 28.1 Å². The van der Waals surface area contributed by atoms with E-state index in [1.807, 2.05) is 71.4 Å². The van der Waals surface area contributed by atoms with E-state index >= 15 is 35.1 Å². The molecule has 24 heteroatoms. The van der Waals surface area contributed by atoms with Crippen molar-refractivity contribution in [3.63, 3.8) is 0 Å². The third kappa shape index (κ3) is 7.53. The molecule has 0 aliphatic heterocycles. The molecule has 0 radical (unpaired) electrons. The first-order chi connectivity index (χ1) is 30.5. The lowest BCUT2D eigenvalue weighted by molar-refractivity contribution is -0.657. The van der Waals surface area contributed by atoms with Crippen LogP contribution in [-0.4, -0.2) is 11.9 Å². The van der Waals surface area contributed by atoms with Crippen LogP contribution in [-0.2, 0) is 6.54 Å². The molecule has 0 atom stereocenters. The molecular formula is C41H13BBrF20NO. The van der Waals surface area contributed by atoms with Gasteiger partial charge in [-0.1, -0.05) is 36.4 Å². The molecule has 1 heterocycles. The van der Waals surface area contributed by atoms with Crippen LogP contribution in [0, 0.1) is 116 Å². The zero-order valence-corrected chi connectivity index (χ0v) is 32.5. The molecule has 0 spiro atoms. The predicted molar refractivity (Wildman–Crippen MR) is 192 cm³/mol. The average molecular weight is 1010 g/mol. The zero-order valence-electron chi connectivity index (χ0n) is 30.9. The predicted octanol–water partition coefficient (Wildman–Crippen LogP) is 9.62. The standard InChI is InChI=1S/C24BF20.C17H13BrNO/c26-5-1(6(27)14(35)21(42)13(5)34)25(2-7(28)15(36)22(43)16(37)8(2)29,3-9(30)17(38)23(44)18(39)10(3)31)4-11(32)19(40)24(45)20(41)12(4)33;18-15-9-4-10-16-14(15)8-5-11-19(16)12-17(20)13-6-2-1-3-7-13/h;1-11H,12H2/q-1;+1. The number of Topliss-reactive ketones (excluding diaryl/α,β-unsaturated/α-hetero) is 1. The summed E-state index contributed by atoms with van der Waals surface area (Å²) in [6.07, 6.45) is -5.28. The molecular weight excluding hydrogens is 993 g/mol. The molecule has 1 aromatic heterocycles. The quantitative estimate of drug-likeness (QED) is 0.0390. The second kappa shape index (κ2) is 17.8. The number of nitrogens with zero attached hydrogens (tertiary/aromatic N) is 1. The van der Waals surface area contributed by atoms with E-state index in [1.54, 1.807) is 0 Å². The molecule has 0 bridgehead atoms. The average Bonchev–Trinajstić information content (AvgIpc) is 3.29. The van der Waals surface area contributed by atoms with E-state index in [2.05, 4.69) is 15.9 Å². The number of rotatable bonds is 7. The van der Waals surface area contributed by atoms with Gasteiger partial charge in [0.2, 0.25) is 17.8 Å². The number of halogens is 21. The van der Waals surface area contributed by atoms with Crippen LogP contribution < -0.4 is 26.4 Å². The highest BCUT2D eigenvalue weighted by atomic mass is 79.9. The Labute approximate surface area is 357 Å². The SMILES string of the molecule is Fc1c(F)c(F)c([B-](c2c(F)c(F)c(F)c(F)c2F)(c2c(F)c(F)c(F)c(F)c2F)c2c(F)c(F)c(F)c(F)c2F)c(F)c1F.O=C(C[n+]1cccc2c(Br)cccc21)c1ccccc1. The summed E-state index contributed by atoms with van der Waals surface area (Å²) in [4.78, 5) is 12.3. The van der Waals surface area contributed by atoms with Crippen LogP contribution in [0.4, 0.5) is 87.8 Å². The van der Waals surface area contributed by atoms with Crippen molar-refractivity contribution in [2.45, 2.75) is 6.54 Å². The molecule has 0 saturated carbocycles. The molecule has 2 nitrogen and oxygen atoms in total. The number of ketones is 1. The lowest BCUT2D eigenvalue weighted by Crippen LogP contribution is -2.81. The van der Waals surface area contributed by atoms with E-state index in [9.17, 15) is 57.5 Å². The van der Waals surface area contributed by atoms with Gasteiger partial charge in [0, 0.05) is 22.2 Å². The lowest BCUT2D eigenvalue weighted by atomic mass is 9.12. The van der Waals surface area contributed by atoms with Crippen molar-refractivity contribution < 1.29 is 97.2 Å². The van der Waals surface area contributed by atoms with E-state index < -0.39 is 144 Å². The first-order valence-electron chi connectivity index (χ1n) is 17.3. The Kier molecular flexibility index (Phi) is 13.2. The fourth-order valence-electron chi connectivity index (χ4n) is 7.15. The van der Waals surface area contributed by atoms with Gasteiger partial charge in [0.25, 0.3) is 0 Å². The number of benzene rings is 6. The first-order valence-corrected chi connectivity index (χ1v) is 18.1. The molecule has 7 rings (SSSR count). The maximum atomic E-state index is 15.4. The molecule has 0 aliphatic rings.